The van der Waals surface area contributed by atoms with Crippen LogP contribution >= 0.6 is 11.8 Å². The lowest BCUT2D eigenvalue weighted by Crippen LogP contribution is -2.35. The number of nitrogens with zero attached hydrogens (tertiary/aromatic N) is 1. The Morgan fingerprint density at radius 3 is 2.25 bits per heavy atom. The van der Waals surface area contributed by atoms with Crippen molar-refractivity contribution in [3.8, 4) is 0 Å². The van der Waals surface area contributed by atoms with Crippen molar-refractivity contribution in [1.82, 2.24) is 10.2 Å². The summed E-state index contributed by atoms with van der Waals surface area (Å²) in [7, 11) is 0. The Kier molecular flexibility index (Phi) is 10.6. The Morgan fingerprint density at radius 1 is 1.12 bits per heavy atom. The topological polar surface area (TPSA) is 15.3 Å². The summed E-state index contributed by atoms with van der Waals surface area (Å²) in [5.41, 5.74) is 0. The minimum absolute atomic E-state index is 0.627. The molecule has 1 N–H and O–H groups in total. The van der Waals surface area contributed by atoms with Gasteiger partial charge in [0.25, 0.3) is 0 Å². The predicted octanol–water partition coefficient (Wildman–Crippen LogP) is 2.84. The highest BCUT2D eigenvalue weighted by molar-refractivity contribution is 7.99. The first-order valence-corrected chi connectivity index (χ1v) is 7.77. The van der Waals surface area contributed by atoms with Gasteiger partial charge in [0.1, 0.15) is 0 Å². The van der Waals surface area contributed by atoms with Gasteiger partial charge in [0, 0.05) is 23.6 Å². The van der Waals surface area contributed by atoms with Crippen LogP contribution in [0.2, 0.25) is 0 Å². The molecule has 98 valence electrons. The van der Waals surface area contributed by atoms with E-state index in [-0.39, 0.29) is 0 Å². The third-order valence-corrected chi connectivity index (χ3v) is 4.46. The summed E-state index contributed by atoms with van der Waals surface area (Å²) in [4.78, 5) is 2.49. The molecule has 0 spiro atoms. The fraction of sp³-hybridized carbons (Fsp3) is 1.00. The van der Waals surface area contributed by atoms with Crippen molar-refractivity contribution in [2.24, 2.45) is 0 Å². The summed E-state index contributed by atoms with van der Waals surface area (Å²) in [5, 5.41) is 4.27. The second kappa shape index (κ2) is 10.4. The quantitative estimate of drug-likeness (QED) is 0.638. The second-order valence-corrected chi connectivity index (χ2v) is 5.83. The number of rotatable bonds is 10. The van der Waals surface area contributed by atoms with Crippen LogP contribution < -0.4 is 5.32 Å². The normalized spacial score (nSPS) is 15.4. The molecule has 0 aromatic heterocycles. The average molecular weight is 246 g/mol. The molecule has 0 heterocycles. The van der Waals surface area contributed by atoms with Gasteiger partial charge in [-0.2, -0.15) is 11.8 Å². The summed E-state index contributed by atoms with van der Waals surface area (Å²) in [6.45, 7) is 16.0. The van der Waals surface area contributed by atoms with Crippen LogP contribution in [0.1, 0.15) is 41.0 Å². The van der Waals surface area contributed by atoms with E-state index < -0.39 is 0 Å². The molecule has 0 amide bonds. The van der Waals surface area contributed by atoms with Crippen LogP contribution in [-0.4, -0.2) is 48.1 Å². The summed E-state index contributed by atoms with van der Waals surface area (Å²) in [6.07, 6.45) is 1.22. The molecular weight excluding hydrogens is 216 g/mol. The van der Waals surface area contributed by atoms with Gasteiger partial charge in [-0.1, -0.05) is 27.7 Å². The smallest absolute Gasteiger partial charge is 0.0170 e. The number of thioether (sulfide) groups is 1. The lowest BCUT2D eigenvalue weighted by atomic mass is 10.2. The molecule has 2 nitrogen and oxygen atoms in total. The monoisotopic (exact) mass is 246 g/mol. The first-order valence-electron chi connectivity index (χ1n) is 6.72. The van der Waals surface area contributed by atoms with Crippen LogP contribution in [-0.2, 0) is 0 Å². The first kappa shape index (κ1) is 16.3. The summed E-state index contributed by atoms with van der Waals surface area (Å²) >= 11 is 2.09. The zero-order chi connectivity index (χ0) is 12.4. The van der Waals surface area contributed by atoms with Crippen molar-refractivity contribution in [1.29, 1.82) is 0 Å². The highest BCUT2D eigenvalue weighted by Crippen LogP contribution is 2.14. The molecule has 0 saturated heterocycles. The van der Waals surface area contributed by atoms with Crippen LogP contribution in [0, 0.1) is 0 Å². The molecule has 2 unspecified atom stereocenters. The van der Waals surface area contributed by atoms with E-state index in [9.17, 15) is 0 Å². The lowest BCUT2D eigenvalue weighted by molar-refractivity contribution is 0.323. The Labute approximate surface area is 107 Å². The largest absolute Gasteiger partial charge is 0.313 e. The zero-order valence-corrected chi connectivity index (χ0v) is 12.6. The highest BCUT2D eigenvalue weighted by Gasteiger charge is 2.11. The van der Waals surface area contributed by atoms with Crippen LogP contribution in [0.15, 0.2) is 0 Å². The van der Waals surface area contributed by atoms with Crippen LogP contribution in [0.4, 0.5) is 0 Å². The molecule has 3 heteroatoms. The van der Waals surface area contributed by atoms with Gasteiger partial charge < -0.3 is 10.2 Å². The molecule has 0 bridgehead atoms. The maximum absolute atomic E-state index is 3.56. The van der Waals surface area contributed by atoms with E-state index >= 15 is 0 Å². The molecule has 0 saturated carbocycles. The van der Waals surface area contributed by atoms with Crippen molar-refractivity contribution in [2.45, 2.75) is 52.3 Å². The standard InChI is InChI=1S/C13H30N2S/c1-6-9-14-12(4)13(5)16-11-10-15(7-2)8-3/h12-14H,6-11H2,1-5H3. The molecule has 0 rings (SSSR count). The molecule has 0 aromatic rings. The molecule has 0 radical (unpaired) electrons. The zero-order valence-electron chi connectivity index (χ0n) is 11.8. The summed E-state index contributed by atoms with van der Waals surface area (Å²) in [5.74, 6) is 1.25. The van der Waals surface area contributed by atoms with E-state index in [1.165, 1.54) is 31.8 Å². The Balaban J connectivity index is 3.58. The minimum atomic E-state index is 0.627. The van der Waals surface area contributed by atoms with Crippen molar-refractivity contribution in [3.05, 3.63) is 0 Å². The molecule has 0 aliphatic heterocycles. The maximum atomic E-state index is 3.56. The van der Waals surface area contributed by atoms with Gasteiger partial charge in [0.2, 0.25) is 0 Å². The number of hydrogen-bond acceptors (Lipinski definition) is 3. The van der Waals surface area contributed by atoms with Gasteiger partial charge in [-0.05, 0) is 33.0 Å². The van der Waals surface area contributed by atoms with Gasteiger partial charge >= 0.3 is 0 Å². The minimum Gasteiger partial charge on any atom is -0.313 e. The molecular formula is C13H30N2S. The Bertz CT molecular complexity index is 149. The van der Waals surface area contributed by atoms with E-state index in [0.717, 1.165) is 6.54 Å². The summed E-state index contributed by atoms with van der Waals surface area (Å²) < 4.78 is 0. The highest BCUT2D eigenvalue weighted by atomic mass is 32.2. The third kappa shape index (κ3) is 7.53. The third-order valence-electron chi connectivity index (χ3n) is 3.10. The second-order valence-electron chi connectivity index (χ2n) is 4.35. The van der Waals surface area contributed by atoms with Gasteiger partial charge in [-0.3, -0.25) is 0 Å². The Morgan fingerprint density at radius 2 is 1.75 bits per heavy atom. The van der Waals surface area contributed by atoms with E-state index in [0.29, 0.717) is 11.3 Å². The SMILES string of the molecule is CCCNC(C)C(C)SCCN(CC)CC. The van der Waals surface area contributed by atoms with Crippen molar-refractivity contribution in [3.63, 3.8) is 0 Å². The fourth-order valence-corrected chi connectivity index (χ4v) is 2.71. The van der Waals surface area contributed by atoms with Gasteiger partial charge in [0.05, 0.1) is 0 Å². The predicted molar refractivity (Wildman–Crippen MR) is 77.5 cm³/mol. The van der Waals surface area contributed by atoms with Crippen LogP contribution in [0.25, 0.3) is 0 Å². The Hall–Kier alpha value is 0.270. The van der Waals surface area contributed by atoms with E-state index in [1.807, 2.05) is 0 Å². The van der Waals surface area contributed by atoms with E-state index in [2.05, 4.69) is 56.6 Å². The molecule has 2 atom stereocenters. The van der Waals surface area contributed by atoms with E-state index in [4.69, 9.17) is 0 Å². The van der Waals surface area contributed by atoms with Crippen LogP contribution in [0.5, 0.6) is 0 Å². The number of nitrogens with one attached hydrogen (secondary N) is 1. The van der Waals surface area contributed by atoms with Crippen molar-refractivity contribution >= 4 is 11.8 Å². The molecule has 0 fully saturated rings. The van der Waals surface area contributed by atoms with Crippen molar-refractivity contribution in [2.75, 3.05) is 31.9 Å². The van der Waals surface area contributed by atoms with Gasteiger partial charge in [-0.15, -0.1) is 0 Å². The lowest BCUT2D eigenvalue weighted by Gasteiger charge is -2.23. The maximum Gasteiger partial charge on any atom is 0.0170 e. The average Bonchev–Trinajstić information content (AvgIpc) is 2.31. The molecule has 16 heavy (non-hydrogen) atoms. The number of hydrogen-bond donors (Lipinski definition) is 1. The molecule has 0 aliphatic carbocycles. The molecule has 0 aliphatic rings. The molecule has 0 aromatic carbocycles. The van der Waals surface area contributed by atoms with E-state index in [1.54, 1.807) is 0 Å². The van der Waals surface area contributed by atoms with Gasteiger partial charge in [-0.25, -0.2) is 0 Å². The fourth-order valence-electron chi connectivity index (χ4n) is 1.59. The van der Waals surface area contributed by atoms with Crippen LogP contribution in [0.3, 0.4) is 0 Å². The van der Waals surface area contributed by atoms with Gasteiger partial charge in [0.15, 0.2) is 0 Å². The summed E-state index contributed by atoms with van der Waals surface area (Å²) in [6, 6.07) is 0.627. The van der Waals surface area contributed by atoms with Crippen molar-refractivity contribution < 1.29 is 0 Å². The first-order chi connectivity index (χ1) is 7.65.